The molecule has 0 atom stereocenters. The van der Waals surface area contributed by atoms with Crippen LogP contribution in [0.15, 0.2) is 237 Å². The molecule has 0 unspecified atom stereocenters. The molecule has 0 aliphatic carbocycles. The van der Waals surface area contributed by atoms with Crippen LogP contribution in [-0.4, -0.2) is 0 Å². The van der Waals surface area contributed by atoms with Gasteiger partial charge in [-0.15, -0.1) is 11.3 Å². The fraction of sp³-hybridized carbons (Fsp3) is 0. The van der Waals surface area contributed by atoms with Crippen molar-refractivity contribution in [2.45, 2.75) is 0 Å². The van der Waals surface area contributed by atoms with Gasteiger partial charge >= 0.3 is 0 Å². The first-order valence-electron chi connectivity index (χ1n) is 20.5. The molecule has 1 nitrogen and oxygen atoms in total. The van der Waals surface area contributed by atoms with Gasteiger partial charge in [0, 0.05) is 37.1 Å². The SMILES string of the molecule is c1ccc(-c2ccccc2-c2c(-c3ccccc3)cccc2N(c2ccc(-c3ccc(-c4cccc5ccccc45)cc3)cc2)c2ccc3sc4ccccc4c3c2)cc1. The molecular formula is C58H39NS. The van der Waals surface area contributed by atoms with Crippen LogP contribution in [0.5, 0.6) is 0 Å². The second-order valence-electron chi connectivity index (χ2n) is 15.2. The molecular weight excluding hydrogens is 743 g/mol. The number of rotatable bonds is 8. The summed E-state index contributed by atoms with van der Waals surface area (Å²) < 4.78 is 2.59. The Kier molecular flexibility index (Phi) is 9.11. The summed E-state index contributed by atoms with van der Waals surface area (Å²) in [6.07, 6.45) is 0. The third kappa shape index (κ3) is 6.44. The second kappa shape index (κ2) is 15.3. The molecule has 0 spiro atoms. The molecule has 0 saturated heterocycles. The molecule has 11 rings (SSSR count). The highest BCUT2D eigenvalue weighted by Crippen LogP contribution is 2.49. The summed E-state index contributed by atoms with van der Waals surface area (Å²) in [6, 6.07) is 86.2. The standard InChI is InChI=1S/C58H39NS/c1-3-15-42(16-4-1)50-22-9-10-24-53(50)58-51(44-17-5-2-6-18-44)26-14-27-55(58)59(47-37-38-57-54(39-47)52-23-11-12-28-56(52)60-57)46-35-33-41(34-36-46)40-29-31-45(32-30-40)49-25-13-20-43-19-7-8-21-48(43)49/h1-39H. The highest BCUT2D eigenvalue weighted by Gasteiger charge is 2.23. The van der Waals surface area contributed by atoms with E-state index in [1.54, 1.807) is 0 Å². The maximum absolute atomic E-state index is 2.46. The zero-order valence-electron chi connectivity index (χ0n) is 32.9. The monoisotopic (exact) mass is 781 g/mol. The maximum Gasteiger partial charge on any atom is 0.0546 e. The molecule has 60 heavy (non-hydrogen) atoms. The van der Waals surface area contributed by atoms with E-state index in [-0.39, 0.29) is 0 Å². The number of hydrogen-bond donors (Lipinski definition) is 0. The Bertz CT molecular complexity index is 3290. The lowest BCUT2D eigenvalue weighted by Crippen LogP contribution is -2.12. The van der Waals surface area contributed by atoms with E-state index in [2.05, 4.69) is 241 Å². The molecule has 2 heteroatoms. The molecule has 1 heterocycles. The summed E-state index contributed by atoms with van der Waals surface area (Å²) in [5, 5.41) is 5.08. The minimum Gasteiger partial charge on any atom is -0.310 e. The minimum absolute atomic E-state index is 1.09. The number of fused-ring (bicyclic) bond motifs is 4. The topological polar surface area (TPSA) is 3.24 Å². The first kappa shape index (κ1) is 35.6. The number of hydrogen-bond acceptors (Lipinski definition) is 2. The van der Waals surface area contributed by atoms with Crippen LogP contribution in [-0.2, 0) is 0 Å². The molecule has 0 N–H and O–H groups in total. The Labute approximate surface area is 354 Å². The van der Waals surface area contributed by atoms with Crippen LogP contribution in [0.4, 0.5) is 17.1 Å². The van der Waals surface area contributed by atoms with E-state index < -0.39 is 0 Å². The Morgan fingerprint density at radius 3 is 1.55 bits per heavy atom. The highest BCUT2D eigenvalue weighted by molar-refractivity contribution is 7.25. The Balaban J connectivity index is 1.09. The lowest BCUT2D eigenvalue weighted by molar-refractivity contribution is 1.29. The largest absolute Gasteiger partial charge is 0.310 e. The third-order valence-corrected chi connectivity index (χ3v) is 12.9. The number of benzene rings is 10. The Morgan fingerprint density at radius 2 is 0.783 bits per heavy atom. The summed E-state index contributed by atoms with van der Waals surface area (Å²) >= 11 is 1.85. The highest BCUT2D eigenvalue weighted by atomic mass is 32.1. The molecule has 0 bridgehead atoms. The van der Waals surface area contributed by atoms with Crippen LogP contribution < -0.4 is 4.90 Å². The molecule has 0 aliphatic rings. The molecule has 10 aromatic carbocycles. The Morgan fingerprint density at radius 1 is 0.283 bits per heavy atom. The van der Waals surface area contributed by atoms with Crippen molar-refractivity contribution in [2.24, 2.45) is 0 Å². The zero-order chi connectivity index (χ0) is 39.8. The van der Waals surface area contributed by atoms with Gasteiger partial charge in [-0.25, -0.2) is 0 Å². The predicted molar refractivity (Wildman–Crippen MR) is 259 cm³/mol. The van der Waals surface area contributed by atoms with Gasteiger partial charge in [-0.2, -0.15) is 0 Å². The van der Waals surface area contributed by atoms with Crippen molar-refractivity contribution < 1.29 is 0 Å². The fourth-order valence-electron chi connectivity index (χ4n) is 8.84. The van der Waals surface area contributed by atoms with Gasteiger partial charge < -0.3 is 4.90 Å². The maximum atomic E-state index is 2.46. The van der Waals surface area contributed by atoms with Crippen LogP contribution in [0, 0.1) is 0 Å². The van der Waals surface area contributed by atoms with Gasteiger partial charge in [-0.3, -0.25) is 0 Å². The van der Waals surface area contributed by atoms with Crippen LogP contribution >= 0.6 is 11.3 Å². The molecule has 282 valence electrons. The molecule has 0 saturated carbocycles. The van der Waals surface area contributed by atoms with Crippen molar-refractivity contribution in [1.82, 2.24) is 0 Å². The molecule has 11 aromatic rings. The van der Waals surface area contributed by atoms with Gasteiger partial charge in [0.15, 0.2) is 0 Å². The van der Waals surface area contributed by atoms with E-state index in [4.69, 9.17) is 0 Å². The summed E-state index contributed by atoms with van der Waals surface area (Å²) in [4.78, 5) is 2.46. The number of anilines is 3. The number of nitrogens with zero attached hydrogens (tertiary/aromatic N) is 1. The predicted octanol–water partition coefficient (Wildman–Crippen LogP) is 17.0. The zero-order valence-corrected chi connectivity index (χ0v) is 33.7. The fourth-order valence-corrected chi connectivity index (χ4v) is 9.93. The Hall–Kier alpha value is -7.52. The summed E-state index contributed by atoms with van der Waals surface area (Å²) in [7, 11) is 0. The molecule has 0 fully saturated rings. The van der Waals surface area contributed by atoms with Crippen molar-refractivity contribution >= 4 is 59.3 Å². The van der Waals surface area contributed by atoms with E-state index in [1.807, 2.05) is 11.3 Å². The van der Waals surface area contributed by atoms with Crippen molar-refractivity contribution in [1.29, 1.82) is 0 Å². The van der Waals surface area contributed by atoms with E-state index in [0.29, 0.717) is 0 Å². The summed E-state index contributed by atoms with van der Waals surface area (Å²) in [5.41, 5.74) is 15.3. The quantitative estimate of drug-likeness (QED) is 0.148. The third-order valence-electron chi connectivity index (χ3n) is 11.7. The average molecular weight is 782 g/mol. The van der Waals surface area contributed by atoms with E-state index >= 15 is 0 Å². The van der Waals surface area contributed by atoms with Crippen molar-refractivity contribution in [3.8, 4) is 55.6 Å². The molecule has 0 amide bonds. The van der Waals surface area contributed by atoms with Gasteiger partial charge in [-0.1, -0.05) is 194 Å². The van der Waals surface area contributed by atoms with Gasteiger partial charge in [0.25, 0.3) is 0 Å². The van der Waals surface area contributed by atoms with E-state index in [9.17, 15) is 0 Å². The first-order chi connectivity index (χ1) is 29.8. The summed E-state index contributed by atoms with van der Waals surface area (Å²) in [6.45, 7) is 0. The average Bonchev–Trinajstić information content (AvgIpc) is 3.70. The minimum atomic E-state index is 1.09. The first-order valence-corrected chi connectivity index (χ1v) is 21.3. The second-order valence-corrected chi connectivity index (χ2v) is 16.3. The van der Waals surface area contributed by atoms with Crippen LogP contribution in [0.1, 0.15) is 0 Å². The normalized spacial score (nSPS) is 11.3. The van der Waals surface area contributed by atoms with E-state index in [0.717, 1.165) is 17.1 Å². The molecule has 1 aromatic heterocycles. The van der Waals surface area contributed by atoms with Crippen LogP contribution in [0.25, 0.3) is 86.6 Å². The summed E-state index contributed by atoms with van der Waals surface area (Å²) in [5.74, 6) is 0. The van der Waals surface area contributed by atoms with Crippen molar-refractivity contribution in [3.63, 3.8) is 0 Å². The van der Waals surface area contributed by atoms with E-state index in [1.165, 1.54) is 86.6 Å². The van der Waals surface area contributed by atoms with Gasteiger partial charge in [0.05, 0.1) is 5.69 Å². The van der Waals surface area contributed by atoms with Gasteiger partial charge in [-0.05, 0) is 103 Å². The van der Waals surface area contributed by atoms with Gasteiger partial charge in [0.1, 0.15) is 0 Å². The van der Waals surface area contributed by atoms with Crippen LogP contribution in [0.2, 0.25) is 0 Å². The molecule has 0 radical (unpaired) electrons. The molecule has 0 aliphatic heterocycles. The number of thiophene rings is 1. The van der Waals surface area contributed by atoms with Crippen molar-refractivity contribution in [2.75, 3.05) is 4.90 Å². The van der Waals surface area contributed by atoms with Crippen molar-refractivity contribution in [3.05, 3.63) is 237 Å². The van der Waals surface area contributed by atoms with Gasteiger partial charge in [0.2, 0.25) is 0 Å². The smallest absolute Gasteiger partial charge is 0.0546 e. The van der Waals surface area contributed by atoms with Crippen LogP contribution in [0.3, 0.4) is 0 Å². The lowest BCUT2D eigenvalue weighted by Gasteiger charge is -2.30. The lowest BCUT2D eigenvalue weighted by atomic mass is 9.87.